The molecule has 1 heterocycles. The van der Waals surface area contributed by atoms with Crippen molar-refractivity contribution in [1.29, 1.82) is 0 Å². The highest BCUT2D eigenvalue weighted by molar-refractivity contribution is 5.86. The summed E-state index contributed by atoms with van der Waals surface area (Å²) < 4.78 is 5.15. The predicted molar refractivity (Wildman–Crippen MR) is 64.3 cm³/mol. The van der Waals surface area contributed by atoms with Gasteiger partial charge in [0.1, 0.15) is 0 Å². The molecule has 0 N–H and O–H groups in total. The number of fused-ring (bicyclic) bond motifs is 1. The molecular weight excluding hydrogens is 220 g/mol. The van der Waals surface area contributed by atoms with Gasteiger partial charge in [0.05, 0.1) is 12.7 Å². The van der Waals surface area contributed by atoms with Crippen LogP contribution in [0.1, 0.15) is 12.5 Å². The third-order valence-electron chi connectivity index (χ3n) is 2.64. The van der Waals surface area contributed by atoms with Gasteiger partial charge in [0, 0.05) is 5.39 Å². The van der Waals surface area contributed by atoms with Gasteiger partial charge < -0.3 is 14.9 Å². The highest BCUT2D eigenvalue weighted by atomic mass is 16.6. The highest BCUT2D eigenvalue weighted by Crippen LogP contribution is 2.28. The van der Waals surface area contributed by atoms with Gasteiger partial charge in [-0.3, -0.25) is 0 Å². The van der Waals surface area contributed by atoms with Crippen molar-refractivity contribution in [2.45, 2.75) is 13.3 Å². The summed E-state index contributed by atoms with van der Waals surface area (Å²) >= 11 is 0. The Bertz CT molecular complexity index is 581. The number of rotatable bonds is 3. The molecule has 5 heteroatoms. The van der Waals surface area contributed by atoms with Gasteiger partial charge in [-0.25, -0.2) is 0 Å². The standard InChI is InChI=1S/C12H12N2O3/c1-3-8-7-9-5-4-6-10(17-2)11(9)13-12(8)14(15)16/h4-7H,3H2,1-2H3. The molecule has 1 aromatic heterocycles. The van der Waals surface area contributed by atoms with E-state index >= 15 is 0 Å². The molecule has 0 saturated heterocycles. The van der Waals surface area contributed by atoms with Crippen molar-refractivity contribution in [3.63, 3.8) is 0 Å². The van der Waals surface area contributed by atoms with Crippen LogP contribution in [-0.4, -0.2) is 17.0 Å². The Labute approximate surface area is 98.2 Å². The van der Waals surface area contributed by atoms with Crippen molar-refractivity contribution in [3.8, 4) is 5.75 Å². The van der Waals surface area contributed by atoms with Crippen LogP contribution in [0.4, 0.5) is 5.82 Å². The number of benzene rings is 1. The lowest BCUT2D eigenvalue weighted by Gasteiger charge is -2.04. The van der Waals surface area contributed by atoms with Gasteiger partial charge in [0.2, 0.25) is 5.52 Å². The smallest absolute Gasteiger partial charge is 0.367 e. The Kier molecular flexibility index (Phi) is 2.91. The molecule has 0 saturated carbocycles. The van der Waals surface area contributed by atoms with Gasteiger partial charge in [0.15, 0.2) is 5.75 Å². The summed E-state index contributed by atoms with van der Waals surface area (Å²) in [6, 6.07) is 7.25. The van der Waals surface area contributed by atoms with Crippen LogP contribution in [0.15, 0.2) is 24.3 Å². The van der Waals surface area contributed by atoms with Crippen LogP contribution in [0.5, 0.6) is 5.75 Å². The van der Waals surface area contributed by atoms with E-state index in [1.54, 1.807) is 12.1 Å². The van der Waals surface area contributed by atoms with Crippen molar-refractivity contribution in [2.75, 3.05) is 7.11 Å². The fourth-order valence-corrected chi connectivity index (χ4v) is 1.79. The van der Waals surface area contributed by atoms with Gasteiger partial charge >= 0.3 is 5.82 Å². The molecule has 1 aromatic carbocycles. The molecule has 0 atom stereocenters. The van der Waals surface area contributed by atoms with E-state index in [1.807, 2.05) is 19.1 Å². The Morgan fingerprint density at radius 2 is 2.24 bits per heavy atom. The Balaban J connectivity index is 2.78. The number of nitrogens with zero attached hydrogens (tertiary/aromatic N) is 2. The maximum atomic E-state index is 10.9. The molecule has 0 aliphatic heterocycles. The van der Waals surface area contributed by atoms with Gasteiger partial charge in [-0.05, 0) is 28.5 Å². The largest absolute Gasteiger partial charge is 0.492 e. The highest BCUT2D eigenvalue weighted by Gasteiger charge is 2.18. The number of nitro groups is 1. The molecule has 0 radical (unpaired) electrons. The minimum absolute atomic E-state index is 0.0931. The summed E-state index contributed by atoms with van der Waals surface area (Å²) in [6.07, 6.45) is 0.580. The maximum absolute atomic E-state index is 10.9. The summed E-state index contributed by atoms with van der Waals surface area (Å²) in [6.45, 7) is 1.87. The van der Waals surface area contributed by atoms with E-state index in [-0.39, 0.29) is 5.82 Å². The first kappa shape index (κ1) is 11.3. The monoisotopic (exact) mass is 232 g/mol. The first-order chi connectivity index (χ1) is 8.17. The van der Waals surface area contributed by atoms with Gasteiger partial charge in [0.25, 0.3) is 0 Å². The number of aryl methyl sites for hydroxylation is 1. The van der Waals surface area contributed by atoms with E-state index < -0.39 is 4.92 Å². The number of para-hydroxylation sites is 1. The molecule has 0 aliphatic carbocycles. The van der Waals surface area contributed by atoms with E-state index in [1.165, 1.54) is 7.11 Å². The molecule has 0 fully saturated rings. The number of hydrogen-bond acceptors (Lipinski definition) is 4. The van der Waals surface area contributed by atoms with Gasteiger partial charge in [-0.15, -0.1) is 0 Å². The molecular formula is C12H12N2O3. The third kappa shape index (κ3) is 1.91. The number of aromatic nitrogens is 1. The van der Waals surface area contributed by atoms with Crippen molar-refractivity contribution in [2.24, 2.45) is 0 Å². The molecule has 0 aliphatic rings. The average molecular weight is 232 g/mol. The van der Waals surface area contributed by atoms with Crippen LogP contribution in [0, 0.1) is 10.1 Å². The minimum atomic E-state index is -0.454. The van der Waals surface area contributed by atoms with E-state index in [0.717, 1.165) is 5.39 Å². The van der Waals surface area contributed by atoms with Crippen molar-refractivity contribution in [3.05, 3.63) is 39.9 Å². The van der Waals surface area contributed by atoms with E-state index in [0.29, 0.717) is 23.3 Å². The zero-order valence-electron chi connectivity index (χ0n) is 9.64. The Morgan fingerprint density at radius 3 is 2.82 bits per heavy atom. The van der Waals surface area contributed by atoms with Crippen LogP contribution in [0.2, 0.25) is 0 Å². The van der Waals surface area contributed by atoms with Gasteiger partial charge in [-0.1, -0.05) is 19.1 Å². The zero-order valence-corrected chi connectivity index (χ0v) is 9.64. The fraction of sp³-hybridized carbons (Fsp3) is 0.250. The first-order valence-electron chi connectivity index (χ1n) is 5.28. The lowest BCUT2D eigenvalue weighted by Crippen LogP contribution is -1.99. The van der Waals surface area contributed by atoms with E-state index in [9.17, 15) is 10.1 Å². The molecule has 5 nitrogen and oxygen atoms in total. The number of hydrogen-bond donors (Lipinski definition) is 0. The quantitative estimate of drug-likeness (QED) is 0.602. The summed E-state index contributed by atoms with van der Waals surface area (Å²) in [5.41, 5.74) is 1.16. The summed E-state index contributed by atoms with van der Waals surface area (Å²) in [4.78, 5) is 14.6. The topological polar surface area (TPSA) is 65.3 Å². The molecule has 0 bridgehead atoms. The zero-order chi connectivity index (χ0) is 12.4. The molecule has 2 rings (SSSR count). The second kappa shape index (κ2) is 4.37. The Morgan fingerprint density at radius 1 is 1.47 bits per heavy atom. The second-order valence-electron chi connectivity index (χ2n) is 3.61. The van der Waals surface area contributed by atoms with E-state index in [4.69, 9.17) is 4.74 Å². The lowest BCUT2D eigenvalue weighted by molar-refractivity contribution is -0.390. The number of pyridine rings is 1. The first-order valence-corrected chi connectivity index (χ1v) is 5.28. The lowest BCUT2D eigenvalue weighted by atomic mass is 10.1. The summed E-state index contributed by atoms with van der Waals surface area (Å²) in [5, 5.41) is 11.8. The molecule has 0 amide bonds. The van der Waals surface area contributed by atoms with Gasteiger partial charge in [-0.2, -0.15) is 0 Å². The van der Waals surface area contributed by atoms with Crippen LogP contribution < -0.4 is 4.74 Å². The number of methoxy groups -OCH3 is 1. The van der Waals surface area contributed by atoms with Crippen LogP contribution in [-0.2, 0) is 6.42 Å². The maximum Gasteiger partial charge on any atom is 0.367 e. The SMILES string of the molecule is CCc1cc2cccc(OC)c2nc1[N+](=O)[O-]. The van der Waals surface area contributed by atoms with Crippen LogP contribution in [0.3, 0.4) is 0 Å². The van der Waals surface area contributed by atoms with Crippen molar-refractivity contribution < 1.29 is 9.66 Å². The Hall–Kier alpha value is -2.17. The predicted octanol–water partition coefficient (Wildman–Crippen LogP) is 2.71. The molecule has 2 aromatic rings. The van der Waals surface area contributed by atoms with Crippen LogP contribution >= 0.6 is 0 Å². The molecule has 88 valence electrons. The third-order valence-corrected chi connectivity index (χ3v) is 2.64. The molecule has 17 heavy (non-hydrogen) atoms. The van der Waals surface area contributed by atoms with Crippen molar-refractivity contribution >= 4 is 16.7 Å². The summed E-state index contributed by atoms with van der Waals surface area (Å²) in [5.74, 6) is 0.456. The fourth-order valence-electron chi connectivity index (χ4n) is 1.79. The average Bonchev–Trinajstić information content (AvgIpc) is 2.36. The summed E-state index contributed by atoms with van der Waals surface area (Å²) in [7, 11) is 1.52. The second-order valence-corrected chi connectivity index (χ2v) is 3.61. The molecule has 0 unspecified atom stereocenters. The molecule has 0 spiro atoms. The minimum Gasteiger partial charge on any atom is -0.492 e. The normalized spacial score (nSPS) is 10.5. The van der Waals surface area contributed by atoms with Crippen molar-refractivity contribution in [1.82, 2.24) is 4.98 Å². The van der Waals surface area contributed by atoms with Crippen LogP contribution in [0.25, 0.3) is 10.9 Å². The van der Waals surface area contributed by atoms with E-state index in [2.05, 4.69) is 4.98 Å². The number of ether oxygens (including phenoxy) is 1.